The van der Waals surface area contributed by atoms with Gasteiger partial charge >= 0.3 is 0 Å². The van der Waals surface area contributed by atoms with Gasteiger partial charge < -0.3 is 10.3 Å². The minimum atomic E-state index is -0.261. The van der Waals surface area contributed by atoms with Crippen LogP contribution in [-0.2, 0) is 11.3 Å². The molecule has 2 unspecified atom stereocenters. The van der Waals surface area contributed by atoms with Crippen LogP contribution in [0.3, 0.4) is 0 Å². The van der Waals surface area contributed by atoms with Gasteiger partial charge in [-0.15, -0.1) is 0 Å². The SMILES string of the molecule is CCC(C)NC(=O)C(C)NCc1ncc(-c2cccc(Br)c2)[nH]1. The third kappa shape index (κ3) is 5.18. The Bertz CT molecular complexity index is 656. The fraction of sp³-hybridized carbons (Fsp3) is 0.412. The van der Waals surface area contributed by atoms with E-state index in [1.54, 1.807) is 0 Å². The number of benzene rings is 1. The molecule has 1 amide bonds. The predicted octanol–water partition coefficient (Wildman–Crippen LogP) is 3.23. The summed E-state index contributed by atoms with van der Waals surface area (Å²) in [5, 5.41) is 6.15. The zero-order valence-electron chi connectivity index (χ0n) is 13.7. The van der Waals surface area contributed by atoms with Crippen LogP contribution < -0.4 is 10.6 Å². The molecule has 3 N–H and O–H groups in total. The van der Waals surface area contributed by atoms with E-state index in [4.69, 9.17) is 0 Å². The third-order valence-corrected chi connectivity index (χ3v) is 4.23. The maximum Gasteiger partial charge on any atom is 0.237 e. The number of rotatable bonds is 7. The van der Waals surface area contributed by atoms with Crippen LogP contribution >= 0.6 is 15.9 Å². The van der Waals surface area contributed by atoms with Crippen molar-refractivity contribution in [2.45, 2.75) is 45.8 Å². The van der Waals surface area contributed by atoms with Gasteiger partial charge in [0, 0.05) is 16.1 Å². The number of nitrogens with one attached hydrogen (secondary N) is 3. The Hall–Kier alpha value is -1.66. The van der Waals surface area contributed by atoms with Gasteiger partial charge in [-0.25, -0.2) is 4.98 Å². The predicted molar refractivity (Wildman–Crippen MR) is 95.9 cm³/mol. The van der Waals surface area contributed by atoms with Gasteiger partial charge in [0.05, 0.1) is 24.5 Å². The van der Waals surface area contributed by atoms with Crippen LogP contribution in [0.15, 0.2) is 34.9 Å². The van der Waals surface area contributed by atoms with E-state index < -0.39 is 0 Å². The molecule has 5 nitrogen and oxygen atoms in total. The van der Waals surface area contributed by atoms with Crippen LogP contribution in [0.25, 0.3) is 11.3 Å². The maximum absolute atomic E-state index is 12.0. The summed E-state index contributed by atoms with van der Waals surface area (Å²) in [6.45, 7) is 6.43. The zero-order chi connectivity index (χ0) is 16.8. The molecule has 2 aromatic rings. The first kappa shape index (κ1) is 17.7. The average Bonchev–Trinajstić information content (AvgIpc) is 3.01. The molecule has 1 heterocycles. The Morgan fingerprint density at radius 1 is 1.39 bits per heavy atom. The molecule has 1 aromatic heterocycles. The molecule has 124 valence electrons. The van der Waals surface area contributed by atoms with Crippen molar-refractivity contribution in [2.75, 3.05) is 0 Å². The second-order valence-corrected chi connectivity index (χ2v) is 6.59. The average molecular weight is 379 g/mol. The Morgan fingerprint density at radius 2 is 2.17 bits per heavy atom. The van der Waals surface area contributed by atoms with Crippen molar-refractivity contribution in [3.05, 3.63) is 40.8 Å². The summed E-state index contributed by atoms with van der Waals surface area (Å²) in [5.74, 6) is 0.821. The van der Waals surface area contributed by atoms with Crippen molar-refractivity contribution in [2.24, 2.45) is 0 Å². The molecule has 0 saturated carbocycles. The lowest BCUT2D eigenvalue weighted by Crippen LogP contribution is -2.45. The molecular formula is C17H23BrN4O. The van der Waals surface area contributed by atoms with Gasteiger partial charge in [0.15, 0.2) is 0 Å². The highest BCUT2D eigenvalue weighted by molar-refractivity contribution is 9.10. The second kappa shape index (κ2) is 8.26. The fourth-order valence-electron chi connectivity index (χ4n) is 2.07. The highest BCUT2D eigenvalue weighted by atomic mass is 79.9. The van der Waals surface area contributed by atoms with Gasteiger partial charge in [0.25, 0.3) is 0 Å². The molecule has 0 spiro atoms. The molecule has 0 radical (unpaired) electrons. The van der Waals surface area contributed by atoms with Gasteiger partial charge in [-0.3, -0.25) is 10.1 Å². The van der Waals surface area contributed by atoms with Crippen LogP contribution in [0.4, 0.5) is 0 Å². The Morgan fingerprint density at radius 3 is 2.87 bits per heavy atom. The maximum atomic E-state index is 12.0. The van der Waals surface area contributed by atoms with Crippen molar-refractivity contribution in [3.8, 4) is 11.3 Å². The first-order valence-electron chi connectivity index (χ1n) is 7.83. The van der Waals surface area contributed by atoms with Crippen LogP contribution in [0, 0.1) is 0 Å². The summed E-state index contributed by atoms with van der Waals surface area (Å²) in [5.41, 5.74) is 2.03. The Labute approximate surface area is 145 Å². The fourth-order valence-corrected chi connectivity index (χ4v) is 2.47. The van der Waals surface area contributed by atoms with Gasteiger partial charge in [0.2, 0.25) is 5.91 Å². The lowest BCUT2D eigenvalue weighted by Gasteiger charge is -2.16. The quantitative estimate of drug-likeness (QED) is 0.692. The standard InChI is InChI=1S/C17H23BrN4O/c1-4-11(2)21-17(23)12(3)19-10-16-20-9-15(22-16)13-6-5-7-14(18)8-13/h5-9,11-12,19H,4,10H2,1-3H3,(H,20,22)(H,21,23). The van der Waals surface area contributed by atoms with E-state index in [9.17, 15) is 4.79 Å². The minimum Gasteiger partial charge on any atom is -0.352 e. The van der Waals surface area contributed by atoms with E-state index >= 15 is 0 Å². The summed E-state index contributed by atoms with van der Waals surface area (Å²) in [4.78, 5) is 19.6. The molecule has 0 aliphatic carbocycles. The third-order valence-electron chi connectivity index (χ3n) is 3.73. The Kier molecular flexibility index (Phi) is 6.36. The monoisotopic (exact) mass is 378 g/mol. The number of halogens is 1. The van der Waals surface area contributed by atoms with E-state index in [2.05, 4.69) is 43.5 Å². The minimum absolute atomic E-state index is 0.0121. The molecule has 1 aromatic carbocycles. The first-order chi connectivity index (χ1) is 11.0. The lowest BCUT2D eigenvalue weighted by molar-refractivity contribution is -0.123. The molecule has 2 atom stereocenters. The van der Waals surface area contributed by atoms with Gasteiger partial charge in [-0.2, -0.15) is 0 Å². The van der Waals surface area contributed by atoms with E-state index in [-0.39, 0.29) is 18.0 Å². The van der Waals surface area contributed by atoms with Gasteiger partial charge in [0.1, 0.15) is 5.82 Å². The lowest BCUT2D eigenvalue weighted by atomic mass is 10.2. The van der Waals surface area contributed by atoms with Crippen LogP contribution in [0.1, 0.15) is 33.0 Å². The molecule has 0 fully saturated rings. The van der Waals surface area contributed by atoms with Crippen LogP contribution in [0.5, 0.6) is 0 Å². The van der Waals surface area contributed by atoms with Crippen molar-refractivity contribution in [1.82, 2.24) is 20.6 Å². The molecule has 2 rings (SSSR count). The van der Waals surface area contributed by atoms with E-state index in [0.29, 0.717) is 6.54 Å². The number of imidazole rings is 1. The largest absolute Gasteiger partial charge is 0.352 e. The number of hydrogen-bond donors (Lipinski definition) is 3. The Balaban J connectivity index is 1.91. The molecule has 6 heteroatoms. The number of aromatic amines is 1. The molecule has 0 aliphatic rings. The molecular weight excluding hydrogens is 356 g/mol. The smallest absolute Gasteiger partial charge is 0.237 e. The number of carbonyl (C=O) groups excluding carboxylic acids is 1. The van der Waals surface area contributed by atoms with E-state index in [0.717, 1.165) is 28.0 Å². The summed E-state index contributed by atoms with van der Waals surface area (Å²) in [6, 6.07) is 7.96. The second-order valence-electron chi connectivity index (χ2n) is 5.67. The van der Waals surface area contributed by atoms with Crippen LogP contribution in [0.2, 0.25) is 0 Å². The number of hydrogen-bond acceptors (Lipinski definition) is 3. The number of nitrogens with zero attached hydrogens (tertiary/aromatic N) is 1. The zero-order valence-corrected chi connectivity index (χ0v) is 15.3. The highest BCUT2D eigenvalue weighted by Gasteiger charge is 2.14. The number of carbonyl (C=O) groups is 1. The summed E-state index contributed by atoms with van der Waals surface area (Å²) in [6.07, 6.45) is 2.73. The molecule has 23 heavy (non-hydrogen) atoms. The summed E-state index contributed by atoms with van der Waals surface area (Å²) < 4.78 is 1.03. The van der Waals surface area contributed by atoms with Crippen LogP contribution in [-0.4, -0.2) is 28.0 Å². The van der Waals surface area contributed by atoms with Crippen molar-refractivity contribution in [1.29, 1.82) is 0 Å². The number of H-pyrrole nitrogens is 1. The molecule has 0 bridgehead atoms. The number of amides is 1. The first-order valence-corrected chi connectivity index (χ1v) is 8.62. The number of aromatic nitrogens is 2. The van der Waals surface area contributed by atoms with Gasteiger partial charge in [-0.05, 0) is 32.4 Å². The van der Waals surface area contributed by atoms with E-state index in [1.807, 2.05) is 44.3 Å². The summed E-state index contributed by atoms with van der Waals surface area (Å²) >= 11 is 3.47. The normalized spacial score (nSPS) is 13.6. The van der Waals surface area contributed by atoms with Crippen molar-refractivity contribution >= 4 is 21.8 Å². The van der Waals surface area contributed by atoms with Crippen molar-refractivity contribution in [3.63, 3.8) is 0 Å². The molecule has 0 saturated heterocycles. The molecule has 0 aliphatic heterocycles. The highest BCUT2D eigenvalue weighted by Crippen LogP contribution is 2.21. The van der Waals surface area contributed by atoms with Crippen molar-refractivity contribution < 1.29 is 4.79 Å². The summed E-state index contributed by atoms with van der Waals surface area (Å²) in [7, 11) is 0. The van der Waals surface area contributed by atoms with E-state index in [1.165, 1.54) is 0 Å². The van der Waals surface area contributed by atoms with Gasteiger partial charge in [-0.1, -0.05) is 35.0 Å². The topological polar surface area (TPSA) is 69.8 Å².